The molecule has 0 aliphatic carbocycles. The first-order chi connectivity index (χ1) is 8.69. The molecular formula is C16H28O2Si. The minimum atomic E-state index is -1.84. The molecule has 1 aromatic carbocycles. The van der Waals surface area contributed by atoms with Crippen molar-refractivity contribution in [2.24, 2.45) is 0 Å². The molecule has 0 spiro atoms. The zero-order chi connectivity index (χ0) is 14.7. The third-order valence-corrected chi connectivity index (χ3v) is 8.82. The van der Waals surface area contributed by atoms with E-state index in [0.29, 0.717) is 0 Å². The average Bonchev–Trinajstić information content (AvgIpc) is 2.35. The van der Waals surface area contributed by atoms with Crippen LogP contribution < -0.4 is 0 Å². The molecule has 0 saturated heterocycles. The monoisotopic (exact) mass is 280 g/mol. The summed E-state index contributed by atoms with van der Waals surface area (Å²) in [7, 11) is -1.84. The van der Waals surface area contributed by atoms with E-state index < -0.39 is 8.32 Å². The van der Waals surface area contributed by atoms with Crippen molar-refractivity contribution in [3.63, 3.8) is 0 Å². The van der Waals surface area contributed by atoms with E-state index in [2.05, 4.69) is 52.9 Å². The summed E-state index contributed by atoms with van der Waals surface area (Å²) in [5.41, 5.74) is 1.22. The van der Waals surface area contributed by atoms with Gasteiger partial charge in [0.25, 0.3) is 0 Å². The number of aliphatic hydroxyl groups excluding tert-OH is 1. The molecule has 0 saturated carbocycles. The van der Waals surface area contributed by atoms with E-state index in [4.69, 9.17) is 4.43 Å². The first-order valence-corrected chi connectivity index (χ1v) is 9.93. The number of hydrogen-bond acceptors (Lipinski definition) is 2. The Hall–Kier alpha value is -0.643. The van der Waals surface area contributed by atoms with Crippen LogP contribution in [0.1, 0.15) is 39.2 Å². The maximum Gasteiger partial charge on any atom is 0.192 e. The van der Waals surface area contributed by atoms with Gasteiger partial charge in [0.15, 0.2) is 8.32 Å². The molecule has 0 radical (unpaired) electrons. The maximum absolute atomic E-state index is 9.68. The lowest BCUT2D eigenvalue weighted by molar-refractivity contribution is 0.0853. The Morgan fingerprint density at radius 1 is 1.16 bits per heavy atom. The molecular weight excluding hydrogens is 252 g/mol. The molecule has 0 amide bonds. The van der Waals surface area contributed by atoms with Crippen molar-refractivity contribution in [2.75, 3.05) is 6.61 Å². The fraction of sp³-hybridized carbons (Fsp3) is 0.625. The molecule has 19 heavy (non-hydrogen) atoms. The van der Waals surface area contributed by atoms with Gasteiger partial charge in [-0.3, -0.25) is 0 Å². The number of rotatable bonds is 5. The Labute approximate surface area is 118 Å². The molecule has 3 heteroatoms. The van der Waals surface area contributed by atoms with Crippen molar-refractivity contribution < 1.29 is 9.53 Å². The molecule has 1 rings (SSSR count). The van der Waals surface area contributed by atoms with Gasteiger partial charge in [0.05, 0.1) is 12.7 Å². The highest BCUT2D eigenvalue weighted by molar-refractivity contribution is 6.74. The van der Waals surface area contributed by atoms with Crippen LogP contribution in [0, 0.1) is 0 Å². The van der Waals surface area contributed by atoms with Gasteiger partial charge in [-0.2, -0.15) is 0 Å². The van der Waals surface area contributed by atoms with Crippen LogP contribution in [0.5, 0.6) is 0 Å². The molecule has 0 bridgehead atoms. The Morgan fingerprint density at radius 2 is 1.68 bits per heavy atom. The summed E-state index contributed by atoms with van der Waals surface area (Å²) in [4.78, 5) is 0. The van der Waals surface area contributed by atoms with Crippen LogP contribution in [-0.2, 0) is 4.43 Å². The van der Waals surface area contributed by atoms with Crippen LogP contribution in [0.2, 0.25) is 18.1 Å². The maximum atomic E-state index is 9.68. The van der Waals surface area contributed by atoms with Gasteiger partial charge in [-0.15, -0.1) is 0 Å². The van der Waals surface area contributed by atoms with Gasteiger partial charge in [0.2, 0.25) is 0 Å². The summed E-state index contributed by atoms with van der Waals surface area (Å²) in [5, 5.41) is 9.85. The second-order valence-electron chi connectivity index (χ2n) is 6.80. The van der Waals surface area contributed by atoms with Gasteiger partial charge in [-0.1, -0.05) is 58.0 Å². The second-order valence-corrected chi connectivity index (χ2v) is 11.6. The minimum Gasteiger partial charge on any atom is -0.411 e. The summed E-state index contributed by atoms with van der Waals surface area (Å²) in [6.45, 7) is 13.3. The molecule has 0 aliphatic heterocycles. The third kappa shape index (κ3) is 4.16. The van der Waals surface area contributed by atoms with Crippen LogP contribution >= 0.6 is 0 Å². The summed E-state index contributed by atoms with van der Waals surface area (Å²) < 4.78 is 6.36. The highest BCUT2D eigenvalue weighted by atomic mass is 28.4. The third-order valence-electron chi connectivity index (χ3n) is 4.32. The topological polar surface area (TPSA) is 29.5 Å². The first kappa shape index (κ1) is 16.4. The molecule has 0 heterocycles. The molecule has 1 aromatic rings. The fourth-order valence-corrected chi connectivity index (χ4v) is 3.21. The normalized spacial score (nSPS) is 16.2. The largest absolute Gasteiger partial charge is 0.411 e. The van der Waals surface area contributed by atoms with E-state index in [1.165, 1.54) is 5.56 Å². The minimum absolute atomic E-state index is 0.0720. The van der Waals surface area contributed by atoms with E-state index in [9.17, 15) is 5.11 Å². The van der Waals surface area contributed by atoms with Crippen molar-refractivity contribution in [2.45, 2.75) is 57.8 Å². The zero-order valence-electron chi connectivity index (χ0n) is 13.1. The summed E-state index contributed by atoms with van der Waals surface area (Å²) >= 11 is 0. The lowest BCUT2D eigenvalue weighted by Gasteiger charge is -2.40. The molecule has 2 nitrogen and oxygen atoms in total. The zero-order valence-corrected chi connectivity index (χ0v) is 14.1. The van der Waals surface area contributed by atoms with Crippen LogP contribution in [0.3, 0.4) is 0 Å². The van der Waals surface area contributed by atoms with Crippen molar-refractivity contribution in [1.82, 2.24) is 0 Å². The summed E-state index contributed by atoms with van der Waals surface area (Å²) in [6.07, 6.45) is -0.122. The Bertz CT molecular complexity index is 381. The average molecular weight is 280 g/mol. The quantitative estimate of drug-likeness (QED) is 0.820. The van der Waals surface area contributed by atoms with Gasteiger partial charge < -0.3 is 9.53 Å². The highest BCUT2D eigenvalue weighted by Gasteiger charge is 2.40. The van der Waals surface area contributed by atoms with E-state index >= 15 is 0 Å². The highest BCUT2D eigenvalue weighted by Crippen LogP contribution is 2.38. The van der Waals surface area contributed by atoms with Gasteiger partial charge in [-0.05, 0) is 23.7 Å². The molecule has 0 aromatic heterocycles. The predicted octanol–water partition coefficient (Wildman–Crippen LogP) is 4.17. The number of hydrogen-bond donors (Lipinski definition) is 1. The first-order valence-electron chi connectivity index (χ1n) is 7.02. The van der Waals surface area contributed by atoms with Gasteiger partial charge in [-0.25, -0.2) is 0 Å². The van der Waals surface area contributed by atoms with Crippen molar-refractivity contribution >= 4 is 8.32 Å². The number of benzene rings is 1. The van der Waals surface area contributed by atoms with E-state index in [1.807, 2.05) is 18.2 Å². The van der Waals surface area contributed by atoms with E-state index in [0.717, 1.165) is 0 Å². The van der Waals surface area contributed by atoms with Gasteiger partial charge in [0, 0.05) is 5.92 Å². The fourth-order valence-electron chi connectivity index (χ4n) is 1.82. The summed E-state index contributed by atoms with van der Waals surface area (Å²) in [6, 6.07) is 10.3. The SMILES string of the molecule is C[C@H](c1ccccc1)[C@H](CO)O[Si](C)(C)C(C)(C)C. The molecule has 0 unspecified atom stereocenters. The van der Waals surface area contributed by atoms with Crippen LogP contribution in [0.15, 0.2) is 30.3 Å². The van der Waals surface area contributed by atoms with Crippen LogP contribution in [0.25, 0.3) is 0 Å². The number of aliphatic hydroxyl groups is 1. The Kier molecular flexibility index (Phi) is 5.36. The standard InChI is InChI=1S/C16H28O2Si/c1-13(14-10-8-7-9-11-14)15(12-17)18-19(5,6)16(2,3)4/h7-11,13,15,17H,12H2,1-6H3/t13-,15+/m1/s1. The Balaban J connectivity index is 2.85. The second kappa shape index (κ2) is 6.20. The smallest absolute Gasteiger partial charge is 0.192 e. The van der Waals surface area contributed by atoms with Crippen LogP contribution in [-0.4, -0.2) is 26.1 Å². The van der Waals surface area contributed by atoms with Crippen molar-refractivity contribution in [3.8, 4) is 0 Å². The lowest BCUT2D eigenvalue weighted by Crippen LogP contribution is -2.46. The molecule has 108 valence electrons. The van der Waals surface area contributed by atoms with E-state index in [-0.39, 0.29) is 23.7 Å². The van der Waals surface area contributed by atoms with Gasteiger partial charge >= 0.3 is 0 Å². The summed E-state index contributed by atoms with van der Waals surface area (Å²) in [5.74, 6) is 0.209. The van der Waals surface area contributed by atoms with Crippen molar-refractivity contribution in [3.05, 3.63) is 35.9 Å². The lowest BCUT2D eigenvalue weighted by atomic mass is 9.96. The predicted molar refractivity (Wildman–Crippen MR) is 84.0 cm³/mol. The molecule has 0 fully saturated rings. The van der Waals surface area contributed by atoms with Gasteiger partial charge in [0.1, 0.15) is 0 Å². The Morgan fingerprint density at radius 3 is 2.11 bits per heavy atom. The molecule has 2 atom stereocenters. The van der Waals surface area contributed by atoms with E-state index in [1.54, 1.807) is 0 Å². The van der Waals surface area contributed by atoms with Crippen molar-refractivity contribution in [1.29, 1.82) is 0 Å². The molecule has 1 N–H and O–H groups in total. The van der Waals surface area contributed by atoms with Crippen LogP contribution in [0.4, 0.5) is 0 Å². The molecule has 0 aliphatic rings.